The van der Waals surface area contributed by atoms with Gasteiger partial charge in [-0.2, -0.15) is 15.0 Å². The molecule has 0 amide bonds. The van der Waals surface area contributed by atoms with E-state index >= 15 is 0 Å². The Morgan fingerprint density at radius 1 is 1.30 bits per heavy atom. The van der Waals surface area contributed by atoms with E-state index in [4.69, 9.17) is 11.6 Å². The second-order valence-electron chi connectivity index (χ2n) is 4.51. The van der Waals surface area contributed by atoms with Crippen molar-refractivity contribution >= 4 is 50.8 Å². The van der Waals surface area contributed by atoms with Crippen LogP contribution in [0.2, 0.25) is 5.28 Å². The molecule has 1 aliphatic heterocycles. The molecular formula is C12H13BrClN5S. The molecule has 1 saturated heterocycles. The first kappa shape index (κ1) is 14.0. The molecule has 3 rings (SSSR count). The van der Waals surface area contributed by atoms with E-state index in [1.54, 1.807) is 11.3 Å². The summed E-state index contributed by atoms with van der Waals surface area (Å²) >= 11 is 11.1. The minimum absolute atomic E-state index is 0.233. The van der Waals surface area contributed by atoms with E-state index in [1.165, 1.54) is 17.7 Å². The van der Waals surface area contributed by atoms with Crippen molar-refractivity contribution < 1.29 is 0 Å². The largest absolute Gasteiger partial charge is 0.349 e. The lowest BCUT2D eigenvalue weighted by atomic mass is 10.4. The fraction of sp³-hybridized carbons (Fsp3) is 0.417. The Bertz CT molecular complexity index is 599. The summed E-state index contributed by atoms with van der Waals surface area (Å²) in [6.07, 6.45) is 2.35. The number of anilines is 2. The van der Waals surface area contributed by atoms with E-state index in [2.05, 4.69) is 47.2 Å². The molecule has 106 valence electrons. The fourth-order valence-corrected chi connectivity index (χ4v) is 3.64. The summed E-state index contributed by atoms with van der Waals surface area (Å²) in [5.41, 5.74) is 0. The van der Waals surface area contributed by atoms with Crippen LogP contribution in [0.5, 0.6) is 0 Å². The molecule has 0 radical (unpaired) electrons. The summed E-state index contributed by atoms with van der Waals surface area (Å²) in [5.74, 6) is 1.19. The monoisotopic (exact) mass is 373 g/mol. The van der Waals surface area contributed by atoms with Gasteiger partial charge in [-0.15, -0.1) is 11.3 Å². The summed E-state index contributed by atoms with van der Waals surface area (Å²) in [7, 11) is 0. The van der Waals surface area contributed by atoms with Crippen LogP contribution in [0.4, 0.5) is 11.9 Å². The normalized spacial score (nSPS) is 14.8. The molecule has 1 fully saturated rings. The van der Waals surface area contributed by atoms with E-state index in [0.717, 1.165) is 17.6 Å². The van der Waals surface area contributed by atoms with Gasteiger partial charge in [-0.05, 0) is 46.4 Å². The average molecular weight is 375 g/mol. The number of halogens is 2. The first-order valence-electron chi connectivity index (χ1n) is 6.34. The highest BCUT2D eigenvalue weighted by molar-refractivity contribution is 9.10. The van der Waals surface area contributed by atoms with Crippen LogP contribution in [0.25, 0.3) is 0 Å². The number of thiophene rings is 1. The van der Waals surface area contributed by atoms with Crippen molar-refractivity contribution in [1.29, 1.82) is 0 Å². The average Bonchev–Trinajstić information content (AvgIpc) is 3.07. The highest BCUT2D eigenvalue weighted by atomic mass is 79.9. The highest BCUT2D eigenvalue weighted by Gasteiger charge is 2.16. The summed E-state index contributed by atoms with van der Waals surface area (Å²) in [6, 6.07) is 2.07. The predicted octanol–water partition coefficient (Wildman–Crippen LogP) is 3.56. The molecule has 3 heterocycles. The quantitative estimate of drug-likeness (QED) is 0.887. The van der Waals surface area contributed by atoms with Gasteiger partial charge in [0, 0.05) is 27.8 Å². The van der Waals surface area contributed by atoms with Crippen molar-refractivity contribution in [1.82, 2.24) is 15.0 Å². The topological polar surface area (TPSA) is 53.9 Å². The molecule has 0 bridgehead atoms. The van der Waals surface area contributed by atoms with Gasteiger partial charge in [0.2, 0.25) is 17.2 Å². The Labute approximate surface area is 134 Å². The Morgan fingerprint density at radius 2 is 2.10 bits per heavy atom. The first-order valence-corrected chi connectivity index (χ1v) is 8.39. The van der Waals surface area contributed by atoms with E-state index in [-0.39, 0.29) is 5.28 Å². The van der Waals surface area contributed by atoms with Crippen LogP contribution in [0.15, 0.2) is 15.9 Å². The third-order valence-electron chi connectivity index (χ3n) is 3.03. The molecule has 0 saturated carbocycles. The molecule has 5 nitrogen and oxygen atoms in total. The van der Waals surface area contributed by atoms with E-state index in [9.17, 15) is 0 Å². The lowest BCUT2D eigenvalue weighted by Crippen LogP contribution is -2.21. The molecule has 0 aliphatic carbocycles. The van der Waals surface area contributed by atoms with Crippen LogP contribution < -0.4 is 10.2 Å². The van der Waals surface area contributed by atoms with Crippen LogP contribution in [-0.2, 0) is 6.54 Å². The molecule has 2 aromatic rings. The maximum Gasteiger partial charge on any atom is 0.231 e. The molecule has 0 atom stereocenters. The van der Waals surface area contributed by atoms with Crippen molar-refractivity contribution in [3.8, 4) is 0 Å². The van der Waals surface area contributed by atoms with Gasteiger partial charge in [0.05, 0.1) is 6.54 Å². The molecule has 0 spiro atoms. The maximum atomic E-state index is 5.98. The second-order valence-corrected chi connectivity index (χ2v) is 6.76. The van der Waals surface area contributed by atoms with Crippen molar-refractivity contribution in [3.63, 3.8) is 0 Å². The molecular weight excluding hydrogens is 362 g/mol. The number of hydrogen-bond acceptors (Lipinski definition) is 6. The molecule has 20 heavy (non-hydrogen) atoms. The van der Waals surface area contributed by atoms with Crippen molar-refractivity contribution in [2.75, 3.05) is 23.3 Å². The smallest absolute Gasteiger partial charge is 0.231 e. The zero-order valence-electron chi connectivity index (χ0n) is 10.6. The second kappa shape index (κ2) is 6.24. The number of nitrogens with zero attached hydrogens (tertiary/aromatic N) is 4. The standard InChI is InChI=1S/C12H13BrClN5S/c13-8-5-9(20-7-8)6-15-11-16-10(14)17-12(18-11)19-3-1-2-4-19/h5,7H,1-4,6H2,(H,15,16,17,18). The van der Waals surface area contributed by atoms with E-state index in [0.29, 0.717) is 18.4 Å². The zero-order valence-corrected chi connectivity index (χ0v) is 13.8. The van der Waals surface area contributed by atoms with Crippen LogP contribution in [0.1, 0.15) is 17.7 Å². The Morgan fingerprint density at radius 3 is 2.80 bits per heavy atom. The Balaban J connectivity index is 1.72. The number of aromatic nitrogens is 3. The Kier molecular flexibility index (Phi) is 4.38. The van der Waals surface area contributed by atoms with Gasteiger partial charge in [-0.3, -0.25) is 0 Å². The molecule has 8 heteroatoms. The van der Waals surface area contributed by atoms with Crippen LogP contribution in [0, 0.1) is 0 Å². The summed E-state index contributed by atoms with van der Waals surface area (Å²) in [6.45, 7) is 2.64. The molecule has 1 N–H and O–H groups in total. The van der Waals surface area contributed by atoms with Gasteiger partial charge in [0.25, 0.3) is 0 Å². The van der Waals surface area contributed by atoms with Gasteiger partial charge in [-0.25, -0.2) is 0 Å². The van der Waals surface area contributed by atoms with Crippen molar-refractivity contribution in [2.45, 2.75) is 19.4 Å². The third-order valence-corrected chi connectivity index (χ3v) is 4.89. The molecule has 0 unspecified atom stereocenters. The number of hydrogen-bond donors (Lipinski definition) is 1. The van der Waals surface area contributed by atoms with Crippen LogP contribution >= 0.6 is 38.9 Å². The van der Waals surface area contributed by atoms with E-state index < -0.39 is 0 Å². The predicted molar refractivity (Wildman–Crippen MR) is 85.6 cm³/mol. The van der Waals surface area contributed by atoms with Crippen molar-refractivity contribution in [2.24, 2.45) is 0 Å². The maximum absolute atomic E-state index is 5.98. The van der Waals surface area contributed by atoms with Gasteiger partial charge in [0.15, 0.2) is 0 Å². The summed E-state index contributed by atoms with van der Waals surface area (Å²) < 4.78 is 1.09. The summed E-state index contributed by atoms with van der Waals surface area (Å²) in [5, 5.41) is 5.48. The summed E-state index contributed by atoms with van der Waals surface area (Å²) in [4.78, 5) is 16.1. The van der Waals surface area contributed by atoms with E-state index in [1.807, 2.05) is 5.38 Å². The number of nitrogens with one attached hydrogen (secondary N) is 1. The number of rotatable bonds is 4. The minimum atomic E-state index is 0.233. The van der Waals surface area contributed by atoms with Crippen molar-refractivity contribution in [3.05, 3.63) is 26.1 Å². The lowest BCUT2D eigenvalue weighted by molar-refractivity contribution is 0.877. The molecule has 0 aromatic carbocycles. The van der Waals surface area contributed by atoms with Gasteiger partial charge in [-0.1, -0.05) is 0 Å². The zero-order chi connectivity index (χ0) is 13.9. The van der Waals surface area contributed by atoms with Gasteiger partial charge in [0.1, 0.15) is 0 Å². The van der Waals surface area contributed by atoms with Gasteiger partial charge < -0.3 is 10.2 Å². The minimum Gasteiger partial charge on any atom is -0.349 e. The SMILES string of the molecule is Clc1nc(NCc2cc(Br)cs2)nc(N2CCCC2)n1. The Hall–Kier alpha value is -0.920. The fourth-order valence-electron chi connectivity index (χ4n) is 2.09. The molecule has 1 aliphatic rings. The lowest BCUT2D eigenvalue weighted by Gasteiger charge is -2.15. The first-order chi connectivity index (χ1) is 9.70. The van der Waals surface area contributed by atoms with Crippen LogP contribution in [-0.4, -0.2) is 28.0 Å². The molecule has 2 aromatic heterocycles. The van der Waals surface area contributed by atoms with Crippen LogP contribution in [0.3, 0.4) is 0 Å². The van der Waals surface area contributed by atoms with Gasteiger partial charge >= 0.3 is 0 Å². The third kappa shape index (κ3) is 3.39. The highest BCUT2D eigenvalue weighted by Crippen LogP contribution is 2.22.